The van der Waals surface area contributed by atoms with E-state index in [9.17, 15) is 9.90 Å². The van der Waals surface area contributed by atoms with Crippen LogP contribution >= 0.6 is 0 Å². The van der Waals surface area contributed by atoms with Gasteiger partial charge in [0.25, 0.3) is 0 Å². The maximum atomic E-state index is 11.6. The van der Waals surface area contributed by atoms with Crippen molar-refractivity contribution in [3.63, 3.8) is 0 Å². The molecule has 2 aromatic carbocycles. The third-order valence-electron chi connectivity index (χ3n) is 4.02. The van der Waals surface area contributed by atoms with E-state index in [1.54, 1.807) is 18.5 Å². The molecule has 1 N–H and O–H groups in total. The molecule has 5 nitrogen and oxygen atoms in total. The zero-order valence-electron chi connectivity index (χ0n) is 15.1. The summed E-state index contributed by atoms with van der Waals surface area (Å²) >= 11 is 0. The van der Waals surface area contributed by atoms with Crippen molar-refractivity contribution in [2.45, 2.75) is 32.5 Å². The highest BCUT2D eigenvalue weighted by molar-refractivity contribution is 5.68. The second kappa shape index (κ2) is 7.14. The fraction of sp³-hybridized carbons (Fsp3) is 0.238. The van der Waals surface area contributed by atoms with Crippen LogP contribution in [0.15, 0.2) is 66.9 Å². The van der Waals surface area contributed by atoms with E-state index in [0.29, 0.717) is 11.3 Å². The first-order chi connectivity index (χ1) is 12.4. The highest BCUT2D eigenvalue weighted by atomic mass is 16.6. The van der Waals surface area contributed by atoms with Crippen LogP contribution in [0.1, 0.15) is 32.4 Å². The molecule has 0 aliphatic carbocycles. The number of hydrogen-bond donors (Lipinski definition) is 1. The lowest BCUT2D eigenvalue weighted by molar-refractivity contribution is -0.160. The van der Waals surface area contributed by atoms with Gasteiger partial charge in [-0.1, -0.05) is 48.5 Å². The van der Waals surface area contributed by atoms with Gasteiger partial charge < -0.3 is 9.84 Å². The number of carbonyl (C=O) groups excluding carboxylic acids is 1. The number of aromatic nitrogens is 2. The van der Waals surface area contributed by atoms with Crippen LogP contribution in [-0.2, 0) is 9.53 Å². The number of esters is 1. The first-order valence-corrected chi connectivity index (χ1v) is 8.46. The summed E-state index contributed by atoms with van der Waals surface area (Å²) in [5.74, 6) is -0.455. The van der Waals surface area contributed by atoms with Crippen molar-refractivity contribution in [1.82, 2.24) is 9.78 Å². The minimum atomic E-state index is -1.26. The fourth-order valence-electron chi connectivity index (χ4n) is 2.87. The van der Waals surface area contributed by atoms with E-state index in [0.717, 1.165) is 11.3 Å². The molecule has 3 rings (SSSR count). The van der Waals surface area contributed by atoms with Crippen molar-refractivity contribution in [3.05, 3.63) is 72.4 Å². The summed E-state index contributed by atoms with van der Waals surface area (Å²) < 4.78 is 7.21. The Bertz CT molecular complexity index is 881. The maximum absolute atomic E-state index is 11.6. The van der Waals surface area contributed by atoms with Crippen molar-refractivity contribution in [2.75, 3.05) is 0 Å². The molecule has 0 saturated heterocycles. The maximum Gasteiger partial charge on any atom is 0.303 e. The van der Waals surface area contributed by atoms with Crippen molar-refractivity contribution in [2.24, 2.45) is 0 Å². The number of ether oxygens (including phenoxy) is 1. The summed E-state index contributed by atoms with van der Waals surface area (Å²) in [4.78, 5) is 11.6. The summed E-state index contributed by atoms with van der Waals surface area (Å²) in [6.45, 7) is 4.58. The van der Waals surface area contributed by atoms with Gasteiger partial charge in [-0.05, 0) is 26.0 Å². The molecule has 0 aliphatic heterocycles. The minimum absolute atomic E-state index is 0.455. The lowest BCUT2D eigenvalue weighted by Gasteiger charge is -2.28. The number of carbonyl (C=O) groups is 1. The van der Waals surface area contributed by atoms with Gasteiger partial charge in [0.15, 0.2) is 6.10 Å². The molecule has 1 heterocycles. The van der Waals surface area contributed by atoms with Gasteiger partial charge in [0.1, 0.15) is 5.60 Å². The van der Waals surface area contributed by atoms with Crippen LogP contribution in [0.3, 0.4) is 0 Å². The molecule has 1 atom stereocenters. The molecule has 0 bridgehead atoms. The third kappa shape index (κ3) is 3.83. The van der Waals surface area contributed by atoms with Crippen LogP contribution < -0.4 is 0 Å². The highest BCUT2D eigenvalue weighted by Crippen LogP contribution is 2.36. The minimum Gasteiger partial charge on any atom is -0.454 e. The summed E-state index contributed by atoms with van der Waals surface area (Å²) in [7, 11) is 0. The second-order valence-corrected chi connectivity index (χ2v) is 6.72. The van der Waals surface area contributed by atoms with Crippen LogP contribution in [0.4, 0.5) is 0 Å². The molecule has 5 heteroatoms. The lowest BCUT2D eigenvalue weighted by Crippen LogP contribution is -2.32. The van der Waals surface area contributed by atoms with Crippen molar-refractivity contribution in [1.29, 1.82) is 0 Å². The van der Waals surface area contributed by atoms with E-state index in [2.05, 4.69) is 0 Å². The van der Waals surface area contributed by atoms with E-state index >= 15 is 0 Å². The Kier molecular flexibility index (Phi) is 4.91. The largest absolute Gasteiger partial charge is 0.454 e. The molecular weight excluding hydrogens is 328 g/mol. The first kappa shape index (κ1) is 17.9. The number of nitrogens with zero attached hydrogens (tertiary/aromatic N) is 2. The molecule has 0 saturated carbocycles. The summed E-state index contributed by atoms with van der Waals surface area (Å²) in [6, 6.07) is 19.3. The average molecular weight is 350 g/mol. The van der Waals surface area contributed by atoms with Gasteiger partial charge in [-0.2, -0.15) is 5.10 Å². The molecule has 0 fully saturated rings. The SMILES string of the molecule is CC(=O)OC(c1cn(-c2ccccc2)nc1-c1ccccc1)C(C)(C)O. The zero-order valence-corrected chi connectivity index (χ0v) is 15.1. The lowest BCUT2D eigenvalue weighted by atomic mass is 9.93. The number of rotatable bonds is 5. The molecule has 0 radical (unpaired) electrons. The van der Waals surface area contributed by atoms with E-state index < -0.39 is 17.7 Å². The molecule has 0 spiro atoms. The van der Waals surface area contributed by atoms with E-state index in [-0.39, 0.29) is 0 Å². The Labute approximate surface area is 152 Å². The van der Waals surface area contributed by atoms with Gasteiger partial charge in [-0.15, -0.1) is 0 Å². The van der Waals surface area contributed by atoms with E-state index in [1.165, 1.54) is 6.92 Å². The second-order valence-electron chi connectivity index (χ2n) is 6.72. The standard InChI is InChI=1S/C21H22N2O3/c1-15(24)26-20(21(2,3)25)18-14-23(17-12-8-5-9-13-17)22-19(18)16-10-6-4-7-11-16/h4-14,20,25H,1-3H3. The predicted octanol–water partition coefficient (Wildman–Crippen LogP) is 3.91. The van der Waals surface area contributed by atoms with Gasteiger partial charge in [-0.3, -0.25) is 4.79 Å². The number of benzene rings is 2. The topological polar surface area (TPSA) is 64.4 Å². The molecular formula is C21H22N2O3. The van der Waals surface area contributed by atoms with Crippen molar-refractivity contribution >= 4 is 5.97 Å². The quantitative estimate of drug-likeness (QED) is 0.709. The van der Waals surface area contributed by atoms with Crippen LogP contribution in [-0.4, -0.2) is 26.5 Å². The smallest absolute Gasteiger partial charge is 0.303 e. The summed E-state index contributed by atoms with van der Waals surface area (Å²) in [5, 5.41) is 15.3. The molecule has 3 aromatic rings. The first-order valence-electron chi connectivity index (χ1n) is 8.46. The van der Waals surface area contributed by atoms with Crippen molar-refractivity contribution in [3.8, 4) is 16.9 Å². The monoisotopic (exact) mass is 350 g/mol. The Hall–Kier alpha value is -2.92. The molecule has 0 aliphatic rings. The van der Waals surface area contributed by atoms with Crippen LogP contribution in [0.5, 0.6) is 0 Å². The van der Waals surface area contributed by atoms with E-state index in [1.807, 2.05) is 66.9 Å². The fourth-order valence-corrected chi connectivity index (χ4v) is 2.87. The van der Waals surface area contributed by atoms with Gasteiger partial charge in [0.2, 0.25) is 0 Å². The average Bonchev–Trinajstić information content (AvgIpc) is 3.05. The summed E-state index contributed by atoms with van der Waals surface area (Å²) in [6.07, 6.45) is 0.969. The van der Waals surface area contributed by atoms with Gasteiger partial charge in [0, 0.05) is 24.2 Å². The molecule has 0 amide bonds. The van der Waals surface area contributed by atoms with Crippen molar-refractivity contribution < 1.29 is 14.6 Å². The highest BCUT2D eigenvalue weighted by Gasteiger charge is 2.35. The zero-order chi connectivity index (χ0) is 18.7. The summed E-state index contributed by atoms with van der Waals surface area (Å²) in [5.41, 5.74) is 1.83. The van der Waals surface area contributed by atoms with Crippen LogP contribution in [0.2, 0.25) is 0 Å². The number of hydrogen-bond acceptors (Lipinski definition) is 4. The van der Waals surface area contributed by atoms with Gasteiger partial charge >= 0.3 is 5.97 Å². The third-order valence-corrected chi connectivity index (χ3v) is 4.02. The predicted molar refractivity (Wildman–Crippen MR) is 99.8 cm³/mol. The van der Waals surface area contributed by atoms with Gasteiger partial charge in [-0.25, -0.2) is 4.68 Å². The van der Waals surface area contributed by atoms with Crippen LogP contribution in [0.25, 0.3) is 16.9 Å². The number of aliphatic hydroxyl groups is 1. The Morgan fingerprint density at radius 1 is 1.08 bits per heavy atom. The van der Waals surface area contributed by atoms with E-state index in [4.69, 9.17) is 9.84 Å². The Morgan fingerprint density at radius 3 is 2.19 bits per heavy atom. The molecule has 1 unspecified atom stereocenters. The van der Waals surface area contributed by atoms with Gasteiger partial charge in [0.05, 0.1) is 11.4 Å². The normalized spacial score (nSPS) is 12.6. The molecule has 134 valence electrons. The Balaban J connectivity index is 2.18. The van der Waals surface area contributed by atoms with Crippen LogP contribution in [0, 0.1) is 0 Å². The molecule has 26 heavy (non-hydrogen) atoms. The number of para-hydroxylation sites is 1. The Morgan fingerprint density at radius 2 is 1.65 bits per heavy atom. The molecule has 1 aromatic heterocycles.